The molecule has 26 heavy (non-hydrogen) atoms. The Bertz CT molecular complexity index is 687. The van der Waals surface area contributed by atoms with Crippen molar-refractivity contribution in [3.63, 3.8) is 0 Å². The van der Waals surface area contributed by atoms with E-state index in [2.05, 4.69) is 4.52 Å². The molecular formula is C15H20Cl2N3O5P. The summed E-state index contributed by atoms with van der Waals surface area (Å²) in [6.45, 7) is 5.41. The van der Waals surface area contributed by atoms with Crippen molar-refractivity contribution in [1.82, 2.24) is 14.7 Å². The normalized spacial score (nSPS) is 23.3. The number of carbonyl (C=O) groups excluding carboxylic acids is 2. The molecule has 2 atom stereocenters. The van der Waals surface area contributed by atoms with Crippen molar-refractivity contribution >= 4 is 43.0 Å². The van der Waals surface area contributed by atoms with Crippen LogP contribution in [0.3, 0.4) is 0 Å². The fourth-order valence-corrected chi connectivity index (χ4v) is 3.51. The molecule has 0 aromatic carbocycles. The summed E-state index contributed by atoms with van der Waals surface area (Å²) in [5.74, 6) is 0.371. The number of nitrogens with zero attached hydrogens (tertiary/aromatic N) is 3. The molecule has 3 aliphatic heterocycles. The number of rotatable bonds is 7. The number of carbonyl (C=O) groups is 2. The number of allylic oxidation sites excluding steroid dienone is 1. The highest BCUT2D eigenvalue weighted by Crippen LogP contribution is 2.33. The van der Waals surface area contributed by atoms with Gasteiger partial charge in [0.1, 0.15) is 17.0 Å². The van der Waals surface area contributed by atoms with E-state index in [9.17, 15) is 14.2 Å². The lowest BCUT2D eigenvalue weighted by atomic mass is 10.0. The van der Waals surface area contributed by atoms with Gasteiger partial charge in [-0.3, -0.25) is 18.7 Å². The Kier molecular flexibility index (Phi) is 6.30. The highest BCUT2D eigenvalue weighted by molar-refractivity contribution is 7.32. The molecule has 0 bridgehead atoms. The van der Waals surface area contributed by atoms with E-state index in [1.807, 2.05) is 14.7 Å². The Labute approximate surface area is 161 Å². The predicted octanol–water partition coefficient (Wildman–Crippen LogP) is 0.759. The van der Waals surface area contributed by atoms with Crippen LogP contribution in [0.15, 0.2) is 23.2 Å². The summed E-state index contributed by atoms with van der Waals surface area (Å²) in [6.07, 6.45) is 1.90. The highest BCUT2D eigenvalue weighted by atomic mass is 35.5. The van der Waals surface area contributed by atoms with E-state index in [1.165, 1.54) is 6.08 Å². The summed E-state index contributed by atoms with van der Waals surface area (Å²) in [7, 11) is -2.90. The number of Topliss-reactive ketones (excluding diaryl/α,β-unsaturated/α-hetero) is 1. The molecule has 1 N–H and O–H groups in total. The van der Waals surface area contributed by atoms with Crippen LogP contribution < -0.4 is 0 Å². The quantitative estimate of drug-likeness (QED) is 0.277. The van der Waals surface area contributed by atoms with Gasteiger partial charge in [-0.15, -0.1) is 11.6 Å². The third-order valence-corrected chi connectivity index (χ3v) is 5.21. The zero-order valence-electron chi connectivity index (χ0n) is 14.0. The zero-order chi connectivity index (χ0) is 18.8. The van der Waals surface area contributed by atoms with Crippen molar-refractivity contribution in [1.29, 1.82) is 0 Å². The van der Waals surface area contributed by atoms with Crippen LogP contribution in [-0.2, 0) is 18.7 Å². The van der Waals surface area contributed by atoms with Crippen molar-refractivity contribution in [3.8, 4) is 0 Å². The molecule has 3 heterocycles. The first-order valence-corrected chi connectivity index (χ1v) is 10.5. The number of hydrogen-bond acceptors (Lipinski definition) is 7. The third-order valence-electron chi connectivity index (χ3n) is 4.05. The van der Waals surface area contributed by atoms with Crippen molar-refractivity contribution in [2.75, 3.05) is 45.1 Å². The first-order chi connectivity index (χ1) is 12.4. The van der Waals surface area contributed by atoms with Crippen molar-refractivity contribution < 1.29 is 23.6 Å². The topological polar surface area (TPSA) is 89.7 Å². The van der Waals surface area contributed by atoms with Gasteiger partial charge in [0.2, 0.25) is 11.6 Å². The molecular weight excluding hydrogens is 404 g/mol. The predicted molar refractivity (Wildman–Crippen MR) is 97.1 cm³/mol. The monoisotopic (exact) mass is 423 g/mol. The maximum atomic E-state index is 12.4. The van der Waals surface area contributed by atoms with E-state index in [-0.39, 0.29) is 11.6 Å². The van der Waals surface area contributed by atoms with Crippen LogP contribution in [-0.4, -0.2) is 81.9 Å². The molecule has 3 fully saturated rings. The van der Waals surface area contributed by atoms with E-state index < -0.39 is 13.8 Å². The van der Waals surface area contributed by atoms with E-state index in [4.69, 9.17) is 28.1 Å². The lowest BCUT2D eigenvalue weighted by Crippen LogP contribution is -2.29. The van der Waals surface area contributed by atoms with Gasteiger partial charge in [-0.25, -0.2) is 0 Å². The SMILES string of the molecule is O=C1C=C(N2CC2)C(=O)C(N2CC2)=C1N1CC1.O=[PH](O)OC(Cl)CCCl. The summed E-state index contributed by atoms with van der Waals surface area (Å²) in [5, 5.41) is 0. The Morgan fingerprint density at radius 2 is 1.62 bits per heavy atom. The summed E-state index contributed by atoms with van der Waals surface area (Å²) in [5.41, 5.74) is 1.15. The van der Waals surface area contributed by atoms with Crippen molar-refractivity contribution in [3.05, 3.63) is 23.2 Å². The first-order valence-electron chi connectivity index (χ1n) is 8.32. The van der Waals surface area contributed by atoms with Crippen molar-refractivity contribution in [2.24, 2.45) is 0 Å². The van der Waals surface area contributed by atoms with Gasteiger partial charge in [-0.1, -0.05) is 11.6 Å². The molecule has 0 saturated carbocycles. The van der Waals surface area contributed by atoms with Gasteiger partial charge in [0.25, 0.3) is 0 Å². The van der Waals surface area contributed by atoms with Gasteiger partial charge in [0.05, 0.1) is 5.70 Å². The van der Waals surface area contributed by atoms with Gasteiger partial charge in [0.15, 0.2) is 0 Å². The second-order valence-electron chi connectivity index (χ2n) is 6.15. The molecule has 4 aliphatic rings. The largest absolute Gasteiger partial charge is 0.365 e. The summed E-state index contributed by atoms with van der Waals surface area (Å²) >= 11 is 10.6. The molecule has 4 rings (SSSR count). The second kappa shape index (κ2) is 8.31. The number of halogens is 2. The number of hydrogen-bond donors (Lipinski definition) is 1. The molecule has 0 aromatic heterocycles. The van der Waals surface area contributed by atoms with Gasteiger partial charge in [0, 0.05) is 57.6 Å². The molecule has 144 valence electrons. The molecule has 0 radical (unpaired) electrons. The molecule has 0 amide bonds. The average molecular weight is 424 g/mol. The smallest absolute Gasteiger partial charge is 0.318 e. The van der Waals surface area contributed by atoms with E-state index in [0.29, 0.717) is 29.4 Å². The summed E-state index contributed by atoms with van der Waals surface area (Å²) in [6, 6.07) is 0. The van der Waals surface area contributed by atoms with E-state index >= 15 is 0 Å². The van der Waals surface area contributed by atoms with Gasteiger partial charge in [-0.05, 0) is 0 Å². The average Bonchev–Trinajstić information content (AvgIpc) is 3.43. The maximum absolute atomic E-state index is 12.4. The van der Waals surface area contributed by atoms with Crippen LogP contribution in [0, 0.1) is 0 Å². The Balaban J connectivity index is 0.000000188. The van der Waals surface area contributed by atoms with Crippen LogP contribution in [0.2, 0.25) is 0 Å². The molecule has 1 aliphatic carbocycles. The van der Waals surface area contributed by atoms with E-state index in [0.717, 1.165) is 39.3 Å². The zero-order valence-corrected chi connectivity index (χ0v) is 16.5. The summed E-state index contributed by atoms with van der Waals surface area (Å²) in [4.78, 5) is 38.6. The van der Waals surface area contributed by atoms with Gasteiger partial charge < -0.3 is 19.6 Å². The minimum absolute atomic E-state index is 0.00546. The second-order valence-corrected chi connectivity index (χ2v) is 7.79. The lowest BCUT2D eigenvalue weighted by Gasteiger charge is -2.21. The van der Waals surface area contributed by atoms with Crippen molar-refractivity contribution in [2.45, 2.75) is 12.0 Å². The molecule has 2 unspecified atom stereocenters. The van der Waals surface area contributed by atoms with Crippen LogP contribution in [0.4, 0.5) is 0 Å². The maximum Gasteiger partial charge on any atom is 0.318 e. The van der Waals surface area contributed by atoms with Gasteiger partial charge in [-0.2, -0.15) is 0 Å². The Morgan fingerprint density at radius 1 is 1.08 bits per heavy atom. The highest BCUT2D eigenvalue weighted by Gasteiger charge is 2.43. The molecule has 0 spiro atoms. The first kappa shape index (κ1) is 19.7. The standard InChI is InChI=1S/C12H13N3O2.C3H7Cl2O3P/c16-9-7-8(13-1-2-13)12(17)11(15-5-6-15)10(9)14-3-4-14;4-2-1-3(5)8-9(6)7/h7H,1-6H2;3,9H,1-2H2,(H,6,7). The molecule has 0 aromatic rings. The van der Waals surface area contributed by atoms with E-state index in [1.54, 1.807) is 0 Å². The molecule has 3 saturated heterocycles. The van der Waals surface area contributed by atoms with Crippen LogP contribution in [0.5, 0.6) is 0 Å². The Hall–Kier alpha value is -1.05. The molecule has 11 heteroatoms. The van der Waals surface area contributed by atoms with Crippen LogP contribution in [0.1, 0.15) is 6.42 Å². The summed E-state index contributed by atoms with van der Waals surface area (Å²) < 4.78 is 14.2. The third kappa shape index (κ3) is 5.02. The van der Waals surface area contributed by atoms with Crippen LogP contribution in [0.25, 0.3) is 0 Å². The van der Waals surface area contributed by atoms with Gasteiger partial charge >= 0.3 is 8.25 Å². The number of ketones is 2. The fourth-order valence-electron chi connectivity index (χ4n) is 2.53. The number of alkyl halides is 2. The fraction of sp³-hybridized carbons (Fsp3) is 0.600. The lowest BCUT2D eigenvalue weighted by molar-refractivity contribution is -0.117. The minimum atomic E-state index is -2.90. The van der Waals surface area contributed by atoms with Crippen LogP contribution >= 0.6 is 31.5 Å². The minimum Gasteiger partial charge on any atom is -0.365 e. The molecule has 8 nitrogen and oxygen atoms in total. The Morgan fingerprint density at radius 3 is 2.08 bits per heavy atom.